The number of benzene rings is 1. The summed E-state index contributed by atoms with van der Waals surface area (Å²) in [5, 5.41) is 3.03. The van der Waals surface area contributed by atoms with Gasteiger partial charge < -0.3 is 19.5 Å². The molecule has 0 atom stereocenters. The molecule has 0 aliphatic heterocycles. The van der Waals surface area contributed by atoms with Gasteiger partial charge in [-0.15, -0.1) is 0 Å². The van der Waals surface area contributed by atoms with Gasteiger partial charge in [-0.1, -0.05) is 27.7 Å². The molecular weight excluding hydrogens is 330 g/mol. The van der Waals surface area contributed by atoms with Crippen molar-refractivity contribution in [2.45, 2.75) is 53.1 Å². The third-order valence-electron chi connectivity index (χ3n) is 3.98. The highest BCUT2D eigenvalue weighted by Gasteiger charge is 2.40. The molecule has 1 aromatic carbocycles. The molecule has 0 fully saturated rings. The number of hydrogen-bond donors (Lipinski definition) is 1. The zero-order chi connectivity index (χ0) is 19.6. The lowest BCUT2D eigenvalue weighted by Gasteiger charge is -2.35. The van der Waals surface area contributed by atoms with Crippen LogP contribution in [0, 0.1) is 11.8 Å². The lowest BCUT2D eigenvalue weighted by Crippen LogP contribution is -2.47. The molecule has 0 bridgehead atoms. The first-order valence-electron chi connectivity index (χ1n) is 9.50. The Morgan fingerprint density at radius 2 is 1.62 bits per heavy atom. The minimum atomic E-state index is -0.801. The highest BCUT2D eigenvalue weighted by molar-refractivity contribution is 5.97. The lowest BCUT2D eigenvalue weighted by atomic mass is 9.83. The summed E-state index contributed by atoms with van der Waals surface area (Å²) in [4.78, 5) is 13.1. The molecule has 5 heteroatoms. The monoisotopic (exact) mass is 365 g/mol. The molecule has 1 aromatic rings. The van der Waals surface area contributed by atoms with Crippen LogP contribution in [-0.4, -0.2) is 38.4 Å². The molecule has 0 heterocycles. The van der Waals surface area contributed by atoms with E-state index in [-0.39, 0.29) is 5.91 Å². The fourth-order valence-corrected chi connectivity index (χ4v) is 3.17. The standard InChI is InChI=1S/C21H35NO4/c1-7-26-21(14-16(2)3,15-17(4)5)20(23)22-18-8-10-19(11-9-18)25-13-12-24-6/h8-11,16-17H,7,12-15H2,1-6H3,(H,22,23). The Labute approximate surface area is 158 Å². The van der Waals surface area contributed by atoms with E-state index in [4.69, 9.17) is 14.2 Å². The molecule has 0 saturated carbocycles. The predicted octanol–water partition coefficient (Wildman–Crippen LogP) is 4.52. The summed E-state index contributed by atoms with van der Waals surface area (Å²) >= 11 is 0. The maximum absolute atomic E-state index is 13.1. The van der Waals surface area contributed by atoms with Gasteiger partial charge in [0.15, 0.2) is 0 Å². The van der Waals surface area contributed by atoms with Crippen molar-refractivity contribution >= 4 is 11.6 Å². The zero-order valence-electron chi connectivity index (χ0n) is 17.1. The minimum Gasteiger partial charge on any atom is -0.491 e. The molecule has 5 nitrogen and oxygen atoms in total. The molecule has 0 aromatic heterocycles. The van der Waals surface area contributed by atoms with E-state index >= 15 is 0 Å². The molecule has 0 aliphatic rings. The molecule has 1 N–H and O–H groups in total. The van der Waals surface area contributed by atoms with Crippen LogP contribution in [-0.2, 0) is 14.3 Å². The van der Waals surface area contributed by atoms with E-state index in [1.807, 2.05) is 31.2 Å². The number of anilines is 1. The number of carbonyl (C=O) groups excluding carboxylic acids is 1. The molecule has 0 spiro atoms. The number of methoxy groups -OCH3 is 1. The smallest absolute Gasteiger partial charge is 0.256 e. The fraction of sp³-hybridized carbons (Fsp3) is 0.667. The second-order valence-electron chi connectivity index (χ2n) is 7.44. The van der Waals surface area contributed by atoms with Crippen molar-refractivity contribution in [1.82, 2.24) is 0 Å². The second kappa shape index (κ2) is 11.2. The van der Waals surface area contributed by atoms with Crippen molar-refractivity contribution in [3.05, 3.63) is 24.3 Å². The van der Waals surface area contributed by atoms with Gasteiger partial charge in [0.05, 0.1) is 6.61 Å². The van der Waals surface area contributed by atoms with Crippen LogP contribution in [0.15, 0.2) is 24.3 Å². The number of carbonyl (C=O) groups is 1. The number of rotatable bonds is 12. The molecule has 148 valence electrons. The van der Waals surface area contributed by atoms with E-state index in [0.717, 1.165) is 11.4 Å². The summed E-state index contributed by atoms with van der Waals surface area (Å²) in [6, 6.07) is 7.39. The SMILES string of the molecule is CCOC(CC(C)C)(CC(C)C)C(=O)Nc1ccc(OCCOC)cc1. The Balaban J connectivity index is 2.87. The summed E-state index contributed by atoms with van der Waals surface area (Å²) in [6.45, 7) is 12.0. The summed E-state index contributed by atoms with van der Waals surface area (Å²) in [5.74, 6) is 1.40. The van der Waals surface area contributed by atoms with Crippen molar-refractivity contribution in [1.29, 1.82) is 0 Å². The van der Waals surface area contributed by atoms with E-state index in [9.17, 15) is 4.79 Å². The van der Waals surface area contributed by atoms with Gasteiger partial charge >= 0.3 is 0 Å². The van der Waals surface area contributed by atoms with Crippen molar-refractivity contribution in [2.75, 3.05) is 32.2 Å². The van der Waals surface area contributed by atoms with Gasteiger partial charge in [-0.3, -0.25) is 4.79 Å². The van der Waals surface area contributed by atoms with Gasteiger partial charge in [-0.25, -0.2) is 0 Å². The van der Waals surface area contributed by atoms with Crippen LogP contribution in [0.25, 0.3) is 0 Å². The Bertz CT molecular complexity index is 515. The minimum absolute atomic E-state index is 0.0743. The number of hydrogen-bond acceptors (Lipinski definition) is 4. The number of ether oxygens (including phenoxy) is 3. The van der Waals surface area contributed by atoms with Crippen molar-refractivity contribution < 1.29 is 19.0 Å². The van der Waals surface area contributed by atoms with E-state index in [1.165, 1.54) is 0 Å². The Hall–Kier alpha value is -1.59. The van der Waals surface area contributed by atoms with E-state index in [1.54, 1.807) is 7.11 Å². The van der Waals surface area contributed by atoms with Crippen molar-refractivity contribution in [3.8, 4) is 5.75 Å². The number of nitrogens with one attached hydrogen (secondary N) is 1. The van der Waals surface area contributed by atoms with Crippen LogP contribution < -0.4 is 10.1 Å². The third-order valence-corrected chi connectivity index (χ3v) is 3.98. The molecule has 1 amide bonds. The molecular formula is C21H35NO4. The van der Waals surface area contributed by atoms with Crippen LogP contribution >= 0.6 is 0 Å². The first-order chi connectivity index (χ1) is 12.3. The van der Waals surface area contributed by atoms with Crippen LogP contribution in [0.1, 0.15) is 47.5 Å². The van der Waals surface area contributed by atoms with E-state index < -0.39 is 5.60 Å². The normalized spacial score (nSPS) is 11.8. The van der Waals surface area contributed by atoms with Gasteiger partial charge in [0, 0.05) is 19.4 Å². The van der Waals surface area contributed by atoms with E-state index in [0.29, 0.717) is 44.5 Å². The van der Waals surface area contributed by atoms with Crippen LogP contribution in [0.3, 0.4) is 0 Å². The van der Waals surface area contributed by atoms with Gasteiger partial charge in [-0.05, 0) is 55.9 Å². The predicted molar refractivity (Wildman–Crippen MR) is 106 cm³/mol. The highest BCUT2D eigenvalue weighted by Crippen LogP contribution is 2.31. The summed E-state index contributed by atoms with van der Waals surface area (Å²) in [7, 11) is 1.64. The van der Waals surface area contributed by atoms with Gasteiger partial charge in [0.2, 0.25) is 0 Å². The quantitative estimate of drug-likeness (QED) is 0.553. The Kier molecular flexibility index (Phi) is 9.66. The first kappa shape index (κ1) is 22.5. The molecule has 1 rings (SSSR count). The molecule has 0 aliphatic carbocycles. The molecule has 26 heavy (non-hydrogen) atoms. The van der Waals surface area contributed by atoms with Crippen LogP contribution in [0.5, 0.6) is 5.75 Å². The largest absolute Gasteiger partial charge is 0.491 e. The maximum atomic E-state index is 13.1. The van der Waals surface area contributed by atoms with Crippen LogP contribution in [0.4, 0.5) is 5.69 Å². The summed E-state index contributed by atoms with van der Waals surface area (Å²) < 4.78 is 16.5. The maximum Gasteiger partial charge on any atom is 0.256 e. The highest BCUT2D eigenvalue weighted by atomic mass is 16.5. The van der Waals surface area contributed by atoms with Gasteiger partial charge in [0.25, 0.3) is 5.91 Å². The molecule has 0 unspecified atom stereocenters. The average Bonchev–Trinajstić information content (AvgIpc) is 2.55. The topological polar surface area (TPSA) is 56.8 Å². The molecule has 0 saturated heterocycles. The van der Waals surface area contributed by atoms with Crippen LogP contribution in [0.2, 0.25) is 0 Å². The Morgan fingerprint density at radius 1 is 1.04 bits per heavy atom. The fourth-order valence-electron chi connectivity index (χ4n) is 3.17. The third kappa shape index (κ3) is 7.34. The Morgan fingerprint density at radius 3 is 2.08 bits per heavy atom. The molecule has 0 radical (unpaired) electrons. The lowest BCUT2D eigenvalue weighted by molar-refractivity contribution is -0.146. The summed E-state index contributed by atoms with van der Waals surface area (Å²) in [6.07, 6.45) is 1.39. The van der Waals surface area contributed by atoms with Gasteiger partial charge in [-0.2, -0.15) is 0 Å². The first-order valence-corrected chi connectivity index (χ1v) is 9.50. The van der Waals surface area contributed by atoms with Gasteiger partial charge in [0.1, 0.15) is 18.0 Å². The second-order valence-corrected chi connectivity index (χ2v) is 7.44. The number of amides is 1. The summed E-state index contributed by atoms with van der Waals surface area (Å²) in [5.41, 5.74) is -0.0595. The van der Waals surface area contributed by atoms with E-state index in [2.05, 4.69) is 33.0 Å². The van der Waals surface area contributed by atoms with Crippen molar-refractivity contribution in [2.24, 2.45) is 11.8 Å². The van der Waals surface area contributed by atoms with Crippen molar-refractivity contribution in [3.63, 3.8) is 0 Å². The average molecular weight is 366 g/mol. The zero-order valence-corrected chi connectivity index (χ0v) is 17.1.